The van der Waals surface area contributed by atoms with Crippen molar-refractivity contribution >= 4 is 28.3 Å². The van der Waals surface area contributed by atoms with Crippen molar-refractivity contribution in [1.29, 1.82) is 0 Å². The van der Waals surface area contributed by atoms with E-state index in [4.69, 9.17) is 0 Å². The van der Waals surface area contributed by atoms with Crippen molar-refractivity contribution in [3.8, 4) is 5.69 Å². The first kappa shape index (κ1) is 14.7. The van der Waals surface area contributed by atoms with Gasteiger partial charge in [-0.05, 0) is 41.9 Å². The van der Waals surface area contributed by atoms with Gasteiger partial charge in [-0.3, -0.25) is 9.78 Å². The van der Waals surface area contributed by atoms with Gasteiger partial charge in [0.1, 0.15) is 4.47 Å². The topological polar surface area (TPSA) is 67.8 Å². The molecule has 0 saturated heterocycles. The number of hydrogen-bond acceptors (Lipinski definition) is 3. The summed E-state index contributed by atoms with van der Waals surface area (Å²) in [6, 6.07) is 3.43. The molecule has 0 bridgehead atoms. The third-order valence-electron chi connectivity index (χ3n) is 2.37. The molecule has 0 aliphatic carbocycles. The second-order valence-electron chi connectivity index (χ2n) is 3.67. The molecule has 0 aromatic carbocycles. The van der Waals surface area contributed by atoms with Crippen LogP contribution in [0.2, 0.25) is 0 Å². The third-order valence-corrected chi connectivity index (χ3v) is 3.31. The summed E-state index contributed by atoms with van der Waals surface area (Å²) >= 11 is 3.15. The van der Waals surface area contributed by atoms with E-state index in [1.54, 1.807) is 19.1 Å². The van der Waals surface area contributed by atoms with E-state index in [1.165, 1.54) is 6.20 Å². The summed E-state index contributed by atoms with van der Waals surface area (Å²) < 4.78 is 1.39. The van der Waals surface area contributed by atoms with Gasteiger partial charge in [0.15, 0.2) is 0 Å². The predicted octanol–water partition coefficient (Wildman–Crippen LogP) is 1.72. The maximum absolute atomic E-state index is 12.0. The van der Waals surface area contributed by atoms with Gasteiger partial charge in [-0.2, -0.15) is 0 Å². The largest absolute Gasteiger partial charge is 0.333 e. The number of aromatic nitrogens is 3. The minimum Gasteiger partial charge on any atom is -0.310 e. The van der Waals surface area contributed by atoms with Crippen molar-refractivity contribution < 1.29 is 0 Å². The lowest BCUT2D eigenvalue weighted by Crippen LogP contribution is -2.35. The number of halogens is 2. The van der Waals surface area contributed by atoms with Gasteiger partial charge < -0.3 is 4.98 Å². The highest BCUT2D eigenvalue weighted by molar-refractivity contribution is 9.10. The first-order chi connectivity index (χ1) is 8.00. The predicted molar refractivity (Wildman–Crippen MR) is 74.9 cm³/mol. The first-order valence-electron chi connectivity index (χ1n) is 4.95. The molecule has 0 amide bonds. The molecule has 0 spiro atoms. The molecule has 0 aliphatic rings. The van der Waals surface area contributed by atoms with Gasteiger partial charge in [0.2, 0.25) is 0 Å². The molecule has 0 atom stereocenters. The molecule has 2 heterocycles. The van der Waals surface area contributed by atoms with E-state index in [1.807, 2.05) is 6.92 Å². The molecule has 2 aromatic rings. The summed E-state index contributed by atoms with van der Waals surface area (Å²) in [5.74, 6) is 0. The average Bonchev–Trinajstić information content (AvgIpc) is 2.29. The molecule has 7 heteroatoms. The van der Waals surface area contributed by atoms with E-state index in [-0.39, 0.29) is 12.4 Å². The Morgan fingerprint density at radius 1 is 1.28 bits per heavy atom. The molecule has 1 N–H and O–H groups in total. The van der Waals surface area contributed by atoms with Crippen molar-refractivity contribution in [3.05, 3.63) is 55.0 Å². The smallest absolute Gasteiger partial charge is 0.310 e. The van der Waals surface area contributed by atoms with Crippen LogP contribution in [-0.2, 0) is 0 Å². The number of pyridine rings is 1. The van der Waals surface area contributed by atoms with Crippen molar-refractivity contribution in [2.24, 2.45) is 0 Å². The fourth-order valence-corrected chi connectivity index (χ4v) is 1.73. The monoisotopic (exact) mass is 331 g/mol. The van der Waals surface area contributed by atoms with E-state index in [0.29, 0.717) is 15.9 Å². The fraction of sp³-hybridized carbons (Fsp3) is 0.182. The molecule has 18 heavy (non-hydrogen) atoms. The Bertz CT molecular complexity index is 676. The van der Waals surface area contributed by atoms with Crippen LogP contribution in [0.4, 0.5) is 0 Å². The van der Waals surface area contributed by atoms with Gasteiger partial charge in [-0.1, -0.05) is 0 Å². The second kappa shape index (κ2) is 5.49. The molecule has 0 saturated carbocycles. The van der Waals surface area contributed by atoms with Crippen LogP contribution in [0, 0.1) is 13.8 Å². The highest BCUT2D eigenvalue weighted by Gasteiger charge is 2.10. The van der Waals surface area contributed by atoms with Gasteiger partial charge in [0.05, 0.1) is 11.9 Å². The zero-order valence-corrected chi connectivity index (χ0v) is 12.1. The quantitative estimate of drug-likeness (QED) is 0.864. The number of aromatic amines is 1. The Labute approximate surface area is 117 Å². The van der Waals surface area contributed by atoms with Gasteiger partial charge in [-0.25, -0.2) is 9.36 Å². The number of nitrogens with one attached hydrogen (secondary N) is 1. The number of aryl methyl sites for hydroxylation is 2. The molecule has 0 unspecified atom stereocenters. The van der Waals surface area contributed by atoms with Crippen LogP contribution in [0.5, 0.6) is 0 Å². The maximum atomic E-state index is 12.0. The Hall–Kier alpha value is -1.40. The Morgan fingerprint density at radius 2 is 1.94 bits per heavy atom. The summed E-state index contributed by atoms with van der Waals surface area (Å²) in [5.41, 5.74) is 0.918. The van der Waals surface area contributed by atoms with Crippen LogP contribution in [0.15, 0.2) is 32.4 Å². The van der Waals surface area contributed by atoms with E-state index in [9.17, 15) is 9.59 Å². The van der Waals surface area contributed by atoms with Crippen molar-refractivity contribution in [1.82, 2.24) is 14.5 Å². The van der Waals surface area contributed by atoms with E-state index >= 15 is 0 Å². The van der Waals surface area contributed by atoms with Gasteiger partial charge in [0.25, 0.3) is 5.56 Å². The first-order valence-corrected chi connectivity index (χ1v) is 5.74. The molecular weight excluding hydrogens is 321 g/mol. The molecular formula is C11H11BrClN3O2. The average molecular weight is 333 g/mol. The lowest BCUT2D eigenvalue weighted by molar-refractivity contribution is 0.841. The Kier molecular flexibility index (Phi) is 4.48. The molecule has 0 fully saturated rings. The molecule has 96 valence electrons. The number of rotatable bonds is 1. The lowest BCUT2D eigenvalue weighted by atomic mass is 10.3. The van der Waals surface area contributed by atoms with Crippen LogP contribution in [0.1, 0.15) is 11.4 Å². The summed E-state index contributed by atoms with van der Waals surface area (Å²) in [5, 5.41) is 0. The number of hydrogen-bond donors (Lipinski definition) is 1. The fourth-order valence-electron chi connectivity index (χ4n) is 1.45. The highest BCUT2D eigenvalue weighted by atomic mass is 79.9. The van der Waals surface area contributed by atoms with Gasteiger partial charge >= 0.3 is 5.69 Å². The zero-order chi connectivity index (χ0) is 12.6. The SMILES string of the molecule is Cc1ccc(-n2c(=O)[nH]c(C)c(Br)c2=O)cn1.Cl. The minimum atomic E-state index is -0.471. The van der Waals surface area contributed by atoms with Crippen LogP contribution >= 0.6 is 28.3 Å². The van der Waals surface area contributed by atoms with E-state index < -0.39 is 11.2 Å². The normalized spacial score (nSPS) is 9.94. The van der Waals surface area contributed by atoms with Crippen molar-refractivity contribution in [3.63, 3.8) is 0 Å². The highest BCUT2D eigenvalue weighted by Crippen LogP contribution is 2.07. The van der Waals surface area contributed by atoms with Crippen LogP contribution in [0.25, 0.3) is 5.69 Å². The molecule has 0 radical (unpaired) electrons. The Morgan fingerprint density at radius 3 is 2.50 bits per heavy atom. The third kappa shape index (κ3) is 2.54. The van der Waals surface area contributed by atoms with Gasteiger partial charge in [0, 0.05) is 11.4 Å². The minimum absolute atomic E-state index is 0. The van der Waals surface area contributed by atoms with Crippen molar-refractivity contribution in [2.75, 3.05) is 0 Å². The molecule has 2 aromatic heterocycles. The zero-order valence-electron chi connectivity index (χ0n) is 9.73. The second-order valence-corrected chi connectivity index (χ2v) is 4.46. The molecule has 2 rings (SSSR count). The summed E-state index contributed by atoms with van der Waals surface area (Å²) in [7, 11) is 0. The standard InChI is InChI=1S/C11H10BrN3O2.ClH/c1-6-3-4-8(5-13-6)15-10(16)9(12)7(2)14-11(15)17;/h3-5H,1-2H3,(H,14,17);1H. The van der Waals surface area contributed by atoms with Crippen LogP contribution < -0.4 is 11.2 Å². The Balaban J connectivity index is 0.00000162. The molecule has 5 nitrogen and oxygen atoms in total. The lowest BCUT2D eigenvalue weighted by Gasteiger charge is -2.06. The number of H-pyrrole nitrogens is 1. The maximum Gasteiger partial charge on any atom is 0.333 e. The summed E-state index contributed by atoms with van der Waals surface area (Å²) in [6.07, 6.45) is 1.49. The van der Waals surface area contributed by atoms with E-state index in [0.717, 1.165) is 10.3 Å². The van der Waals surface area contributed by atoms with Crippen molar-refractivity contribution in [2.45, 2.75) is 13.8 Å². The van der Waals surface area contributed by atoms with Gasteiger partial charge in [-0.15, -0.1) is 12.4 Å². The number of nitrogens with zero attached hydrogens (tertiary/aromatic N) is 2. The van der Waals surface area contributed by atoms with Crippen LogP contribution in [-0.4, -0.2) is 14.5 Å². The summed E-state index contributed by atoms with van der Waals surface area (Å²) in [6.45, 7) is 3.49. The summed E-state index contributed by atoms with van der Waals surface area (Å²) in [4.78, 5) is 30.4. The van der Waals surface area contributed by atoms with E-state index in [2.05, 4.69) is 25.9 Å². The van der Waals surface area contributed by atoms with Crippen LogP contribution in [0.3, 0.4) is 0 Å². The molecule has 0 aliphatic heterocycles.